The van der Waals surface area contributed by atoms with Crippen LogP contribution in [0.25, 0.3) is 0 Å². The second kappa shape index (κ2) is 9.53. The smallest absolute Gasteiger partial charge is 0.237 e. The van der Waals surface area contributed by atoms with Crippen LogP contribution in [0.15, 0.2) is 39.8 Å². The quantitative estimate of drug-likeness (QED) is 0.499. The molecular weight excluding hydrogens is 458 g/mol. The molecule has 30 heavy (non-hydrogen) atoms. The summed E-state index contributed by atoms with van der Waals surface area (Å²) >= 11 is 4.86. The number of para-hydroxylation sites is 1. The van der Waals surface area contributed by atoms with E-state index < -0.39 is 0 Å². The van der Waals surface area contributed by atoms with Gasteiger partial charge >= 0.3 is 0 Å². The van der Waals surface area contributed by atoms with Crippen LogP contribution in [-0.2, 0) is 17.6 Å². The third-order valence-corrected chi connectivity index (χ3v) is 7.80. The molecule has 0 radical (unpaired) electrons. The Balaban J connectivity index is 1.81. The summed E-state index contributed by atoms with van der Waals surface area (Å²) in [6.07, 6.45) is 3.65. The Hall–Kier alpha value is -1.84. The number of halogens is 1. The van der Waals surface area contributed by atoms with E-state index in [2.05, 4.69) is 48.1 Å². The lowest BCUT2D eigenvalue weighted by atomic mass is 9.71. The molecule has 0 fully saturated rings. The lowest BCUT2D eigenvalue weighted by Gasteiger charge is -2.34. The Morgan fingerprint density at radius 3 is 2.77 bits per heavy atom. The first kappa shape index (κ1) is 22.8. The molecule has 0 saturated heterocycles. The van der Waals surface area contributed by atoms with E-state index in [1.54, 1.807) is 0 Å². The first-order chi connectivity index (χ1) is 14.2. The van der Waals surface area contributed by atoms with E-state index in [1.807, 2.05) is 37.3 Å². The van der Waals surface area contributed by atoms with Crippen molar-refractivity contribution in [2.75, 3.05) is 5.32 Å². The highest BCUT2D eigenvalue weighted by molar-refractivity contribution is 9.10. The van der Waals surface area contributed by atoms with Gasteiger partial charge in [0, 0.05) is 10.2 Å². The Kier molecular flexibility index (Phi) is 7.26. The largest absolute Gasteiger partial charge is 0.324 e. The van der Waals surface area contributed by atoms with Gasteiger partial charge < -0.3 is 5.32 Å². The maximum absolute atomic E-state index is 12.9. The molecule has 1 heterocycles. The van der Waals surface area contributed by atoms with Crippen molar-refractivity contribution in [1.29, 1.82) is 5.26 Å². The monoisotopic (exact) mass is 485 g/mol. The van der Waals surface area contributed by atoms with Crippen molar-refractivity contribution in [2.24, 2.45) is 11.3 Å². The molecule has 1 aliphatic rings. The number of nitrogens with one attached hydrogen (secondary N) is 1. The normalized spacial score (nSPS) is 17.0. The highest BCUT2D eigenvalue weighted by atomic mass is 79.9. The number of anilines is 1. The number of carbonyl (C=O) groups is 1. The highest BCUT2D eigenvalue weighted by Gasteiger charge is 2.30. The van der Waals surface area contributed by atoms with E-state index in [0.29, 0.717) is 22.9 Å². The van der Waals surface area contributed by atoms with Gasteiger partial charge in [-0.05, 0) is 76.7 Å². The van der Waals surface area contributed by atoms with E-state index in [1.165, 1.54) is 17.3 Å². The minimum atomic E-state index is -0.319. The van der Waals surface area contributed by atoms with Gasteiger partial charge in [0.25, 0.3) is 0 Å². The van der Waals surface area contributed by atoms with Crippen LogP contribution >= 0.6 is 27.7 Å². The zero-order chi connectivity index (χ0) is 21.9. The van der Waals surface area contributed by atoms with E-state index in [-0.39, 0.29) is 16.6 Å². The summed E-state index contributed by atoms with van der Waals surface area (Å²) in [5.74, 6) is 0.515. The van der Waals surface area contributed by atoms with Crippen molar-refractivity contribution in [2.45, 2.75) is 63.7 Å². The second-order valence-corrected chi connectivity index (χ2v) is 10.9. The van der Waals surface area contributed by atoms with Gasteiger partial charge in [0.2, 0.25) is 5.91 Å². The third-order valence-electron chi connectivity index (χ3n) is 5.75. The van der Waals surface area contributed by atoms with Crippen molar-refractivity contribution >= 4 is 39.3 Å². The number of thioether (sulfide) groups is 1. The molecule has 2 aromatic rings. The minimum absolute atomic E-state index is 0.0781. The molecule has 1 aromatic heterocycles. The molecule has 2 atom stereocenters. The van der Waals surface area contributed by atoms with Crippen LogP contribution in [0, 0.1) is 22.7 Å². The van der Waals surface area contributed by atoms with Crippen molar-refractivity contribution in [3.63, 3.8) is 0 Å². The molecule has 158 valence electrons. The van der Waals surface area contributed by atoms with Gasteiger partial charge in [-0.2, -0.15) is 5.26 Å². The molecule has 1 aliphatic carbocycles. The van der Waals surface area contributed by atoms with E-state index >= 15 is 0 Å². The first-order valence-corrected chi connectivity index (χ1v) is 12.0. The summed E-state index contributed by atoms with van der Waals surface area (Å²) in [6, 6.07) is 11.9. The summed E-state index contributed by atoms with van der Waals surface area (Å²) in [6.45, 7) is 8.82. The fourth-order valence-electron chi connectivity index (χ4n) is 3.79. The van der Waals surface area contributed by atoms with Crippen molar-refractivity contribution in [3.8, 4) is 6.07 Å². The van der Waals surface area contributed by atoms with Gasteiger partial charge in [0.05, 0.1) is 16.5 Å². The molecule has 0 bridgehead atoms. The lowest BCUT2D eigenvalue weighted by molar-refractivity contribution is -0.115. The number of fused-ring (bicyclic) bond motifs is 1. The number of aromatic nitrogens is 1. The van der Waals surface area contributed by atoms with E-state index in [0.717, 1.165) is 35.1 Å². The summed E-state index contributed by atoms with van der Waals surface area (Å²) in [7, 11) is 0. The Labute approximate surface area is 192 Å². The van der Waals surface area contributed by atoms with Gasteiger partial charge in [-0.25, -0.2) is 4.98 Å². The Bertz CT molecular complexity index is 977. The van der Waals surface area contributed by atoms with Crippen LogP contribution in [0.5, 0.6) is 0 Å². The van der Waals surface area contributed by atoms with Crippen molar-refractivity contribution < 1.29 is 4.79 Å². The molecule has 0 aliphatic heterocycles. The Morgan fingerprint density at radius 1 is 1.40 bits per heavy atom. The average Bonchev–Trinajstić information content (AvgIpc) is 2.71. The maximum Gasteiger partial charge on any atom is 0.237 e. The molecule has 0 spiro atoms. The number of amides is 1. The van der Waals surface area contributed by atoms with Crippen LogP contribution in [0.2, 0.25) is 0 Å². The number of rotatable bonds is 5. The SMILES string of the molecule is CCC(Sc1nc2c(cc1C#N)CC(C(C)(C)C)CC2)C(=O)Nc1ccccc1Br. The summed E-state index contributed by atoms with van der Waals surface area (Å²) in [4.78, 5) is 17.7. The van der Waals surface area contributed by atoms with Crippen molar-refractivity contribution in [1.82, 2.24) is 4.98 Å². The molecular formula is C24H28BrN3OS. The molecule has 2 unspecified atom stereocenters. The zero-order valence-corrected chi connectivity index (χ0v) is 20.4. The number of nitriles is 1. The Morgan fingerprint density at radius 2 is 2.13 bits per heavy atom. The molecule has 0 saturated carbocycles. The van der Waals surface area contributed by atoms with Crippen LogP contribution < -0.4 is 5.32 Å². The highest BCUT2D eigenvalue weighted by Crippen LogP contribution is 2.38. The summed E-state index contributed by atoms with van der Waals surface area (Å²) in [5.41, 5.74) is 3.83. The predicted molar refractivity (Wildman–Crippen MR) is 127 cm³/mol. The van der Waals surface area contributed by atoms with Gasteiger partial charge in [0.1, 0.15) is 11.1 Å². The predicted octanol–water partition coefficient (Wildman–Crippen LogP) is 6.38. The summed E-state index contributed by atoms with van der Waals surface area (Å²) < 4.78 is 0.844. The van der Waals surface area contributed by atoms with Gasteiger partial charge in [-0.1, -0.05) is 51.6 Å². The number of carbonyl (C=O) groups excluding carboxylic acids is 1. The van der Waals surface area contributed by atoms with Gasteiger partial charge in [0.15, 0.2) is 0 Å². The average molecular weight is 486 g/mol. The van der Waals surface area contributed by atoms with Gasteiger partial charge in [-0.3, -0.25) is 4.79 Å². The van der Waals surface area contributed by atoms with E-state index in [4.69, 9.17) is 4.98 Å². The number of aryl methyl sites for hydroxylation is 1. The third kappa shape index (κ3) is 5.25. The maximum atomic E-state index is 12.9. The molecule has 6 heteroatoms. The van der Waals surface area contributed by atoms with Crippen LogP contribution in [0.4, 0.5) is 5.69 Å². The molecule has 1 amide bonds. The molecule has 1 aromatic carbocycles. The molecule has 1 N–H and O–H groups in total. The van der Waals surface area contributed by atoms with Crippen LogP contribution in [-0.4, -0.2) is 16.1 Å². The number of hydrogen-bond donors (Lipinski definition) is 1. The molecule has 4 nitrogen and oxygen atoms in total. The number of pyridine rings is 1. The zero-order valence-electron chi connectivity index (χ0n) is 18.0. The fraction of sp³-hybridized carbons (Fsp3) is 0.458. The lowest BCUT2D eigenvalue weighted by Crippen LogP contribution is -2.28. The topological polar surface area (TPSA) is 65.8 Å². The molecule has 3 rings (SSSR count). The summed E-state index contributed by atoms with van der Waals surface area (Å²) in [5, 5.41) is 13.1. The van der Waals surface area contributed by atoms with Crippen LogP contribution in [0.3, 0.4) is 0 Å². The number of benzene rings is 1. The number of hydrogen-bond acceptors (Lipinski definition) is 4. The second-order valence-electron chi connectivity index (χ2n) is 8.85. The van der Waals surface area contributed by atoms with Crippen molar-refractivity contribution in [3.05, 3.63) is 51.6 Å². The fourth-order valence-corrected chi connectivity index (χ4v) is 5.17. The standard InChI is InChI=1S/C24H28BrN3OS/c1-5-21(22(29)27-20-9-7-6-8-18(20)25)30-23-16(14-26)12-15-13-17(24(2,3)4)10-11-19(15)28-23/h6-9,12,17,21H,5,10-11,13H2,1-4H3,(H,27,29). The minimum Gasteiger partial charge on any atom is -0.324 e. The number of nitrogens with zero attached hydrogens (tertiary/aromatic N) is 2. The van der Waals surface area contributed by atoms with Crippen LogP contribution in [0.1, 0.15) is 57.4 Å². The van der Waals surface area contributed by atoms with E-state index in [9.17, 15) is 10.1 Å². The van der Waals surface area contributed by atoms with Gasteiger partial charge in [-0.15, -0.1) is 0 Å². The first-order valence-electron chi connectivity index (χ1n) is 10.4.